The van der Waals surface area contributed by atoms with Crippen molar-refractivity contribution >= 4 is 11.6 Å². The first-order valence-electron chi connectivity index (χ1n) is 8.24. The van der Waals surface area contributed by atoms with Gasteiger partial charge in [-0.25, -0.2) is 0 Å². The Bertz CT molecular complexity index is 807. The molecule has 0 aliphatic carbocycles. The van der Waals surface area contributed by atoms with Gasteiger partial charge in [-0.1, -0.05) is 42.5 Å². The quantitative estimate of drug-likeness (QED) is 0.669. The zero-order valence-corrected chi connectivity index (χ0v) is 14.1. The van der Waals surface area contributed by atoms with Crippen LogP contribution in [0.4, 0.5) is 5.69 Å². The summed E-state index contributed by atoms with van der Waals surface area (Å²) in [5.74, 6) is -0.323. The molecule has 1 heterocycles. The third-order valence-electron chi connectivity index (χ3n) is 5.02. The Hall–Kier alpha value is -2.73. The summed E-state index contributed by atoms with van der Waals surface area (Å²) in [6.07, 6.45) is 0.653. The van der Waals surface area contributed by atoms with Gasteiger partial charge in [-0.05, 0) is 31.0 Å². The average Bonchev–Trinajstić information content (AvgIpc) is 3.02. The Balaban J connectivity index is 1.82. The minimum atomic E-state index is -0.697. The van der Waals surface area contributed by atoms with Crippen LogP contribution in [0.5, 0.6) is 0 Å². The number of hydrogen-bond donors (Lipinski definition) is 1. The molecule has 1 unspecified atom stereocenters. The lowest BCUT2D eigenvalue weighted by Crippen LogP contribution is -2.43. The third-order valence-corrected chi connectivity index (χ3v) is 5.02. The normalized spacial score (nSPS) is 20.5. The maximum atomic E-state index is 12.2. The van der Waals surface area contributed by atoms with Crippen molar-refractivity contribution < 1.29 is 9.72 Å². The molecule has 0 radical (unpaired) electrons. The van der Waals surface area contributed by atoms with Crippen LogP contribution in [0, 0.1) is 17.0 Å². The van der Waals surface area contributed by atoms with E-state index in [4.69, 9.17) is 5.73 Å². The molecule has 3 rings (SSSR count). The van der Waals surface area contributed by atoms with Gasteiger partial charge in [0.1, 0.15) is 0 Å². The second-order valence-electron chi connectivity index (χ2n) is 6.65. The highest BCUT2D eigenvalue weighted by Gasteiger charge is 2.44. The van der Waals surface area contributed by atoms with E-state index in [0.717, 1.165) is 17.7 Å². The molecular weight excluding hydrogens is 318 g/mol. The van der Waals surface area contributed by atoms with Crippen LogP contribution in [0.15, 0.2) is 48.5 Å². The summed E-state index contributed by atoms with van der Waals surface area (Å²) in [7, 11) is 0. The monoisotopic (exact) mass is 339 g/mol. The number of nitrogens with zero attached hydrogens (tertiary/aromatic N) is 2. The molecule has 6 heteroatoms. The highest BCUT2D eigenvalue weighted by molar-refractivity contribution is 5.87. The predicted octanol–water partition coefficient (Wildman–Crippen LogP) is 2.53. The van der Waals surface area contributed by atoms with E-state index in [0.29, 0.717) is 25.1 Å². The van der Waals surface area contributed by atoms with E-state index < -0.39 is 5.41 Å². The number of rotatable bonds is 5. The van der Waals surface area contributed by atoms with E-state index >= 15 is 0 Å². The molecule has 2 aromatic carbocycles. The first-order chi connectivity index (χ1) is 11.9. The van der Waals surface area contributed by atoms with Crippen molar-refractivity contribution in [2.75, 3.05) is 13.1 Å². The lowest BCUT2D eigenvalue weighted by molar-refractivity contribution is -0.385. The summed E-state index contributed by atoms with van der Waals surface area (Å²) in [4.78, 5) is 25.1. The molecule has 1 amide bonds. The number of nitrogens with two attached hydrogens (primary N) is 1. The molecule has 1 saturated heterocycles. The lowest BCUT2D eigenvalue weighted by Gasteiger charge is -2.26. The zero-order valence-electron chi connectivity index (χ0n) is 14.1. The van der Waals surface area contributed by atoms with Crippen LogP contribution < -0.4 is 5.73 Å². The summed E-state index contributed by atoms with van der Waals surface area (Å²) in [5.41, 5.74) is 7.62. The summed E-state index contributed by atoms with van der Waals surface area (Å²) in [6, 6.07) is 14.9. The summed E-state index contributed by atoms with van der Waals surface area (Å²) >= 11 is 0. The number of amides is 1. The van der Waals surface area contributed by atoms with Crippen molar-refractivity contribution in [3.63, 3.8) is 0 Å². The van der Waals surface area contributed by atoms with Gasteiger partial charge >= 0.3 is 0 Å². The molecular formula is C19H21N3O3. The first-order valence-corrected chi connectivity index (χ1v) is 8.24. The molecule has 0 bridgehead atoms. The van der Waals surface area contributed by atoms with Crippen LogP contribution in [-0.2, 0) is 16.8 Å². The van der Waals surface area contributed by atoms with E-state index in [2.05, 4.69) is 4.90 Å². The summed E-state index contributed by atoms with van der Waals surface area (Å²) < 4.78 is 0. The molecule has 0 spiro atoms. The smallest absolute Gasteiger partial charge is 0.272 e. The SMILES string of the molecule is Cc1ccc(CN2CCC(C(N)=O)(c3ccccc3)C2)cc1[N+](=O)[O-]. The number of nitro benzene ring substituents is 1. The van der Waals surface area contributed by atoms with E-state index in [1.54, 1.807) is 19.1 Å². The van der Waals surface area contributed by atoms with E-state index in [-0.39, 0.29) is 16.5 Å². The Morgan fingerprint density at radius 1 is 1.28 bits per heavy atom. The number of carbonyl (C=O) groups is 1. The molecule has 25 heavy (non-hydrogen) atoms. The number of likely N-dealkylation sites (tertiary alicyclic amines) is 1. The number of aryl methyl sites for hydroxylation is 1. The molecule has 1 atom stereocenters. The Labute approximate surface area is 146 Å². The second-order valence-corrected chi connectivity index (χ2v) is 6.65. The average molecular weight is 339 g/mol. The standard InChI is InChI=1S/C19H21N3O3/c1-14-7-8-15(11-17(14)22(24)25)12-21-10-9-19(13-21,18(20)23)16-5-3-2-4-6-16/h2-8,11H,9-10,12-13H2,1H3,(H2,20,23). The third kappa shape index (κ3) is 3.25. The number of carbonyl (C=O) groups excluding carboxylic acids is 1. The van der Waals surface area contributed by atoms with Crippen molar-refractivity contribution in [2.45, 2.75) is 25.3 Å². The molecule has 2 N–H and O–H groups in total. The number of nitro groups is 1. The lowest BCUT2D eigenvalue weighted by atomic mass is 9.79. The molecule has 2 aromatic rings. The minimum absolute atomic E-state index is 0.126. The molecule has 1 aliphatic rings. The fourth-order valence-corrected chi connectivity index (χ4v) is 3.57. The van der Waals surface area contributed by atoms with Crippen LogP contribution in [0.3, 0.4) is 0 Å². The van der Waals surface area contributed by atoms with Crippen molar-refractivity contribution in [2.24, 2.45) is 5.73 Å². The van der Waals surface area contributed by atoms with E-state index in [9.17, 15) is 14.9 Å². The van der Waals surface area contributed by atoms with E-state index in [1.165, 1.54) is 0 Å². The molecule has 0 saturated carbocycles. The van der Waals surface area contributed by atoms with Gasteiger partial charge in [0.25, 0.3) is 5.69 Å². The van der Waals surface area contributed by atoms with Gasteiger partial charge in [0.15, 0.2) is 0 Å². The van der Waals surface area contributed by atoms with Crippen LogP contribution >= 0.6 is 0 Å². The van der Waals surface area contributed by atoms with Gasteiger partial charge in [-0.2, -0.15) is 0 Å². The van der Waals surface area contributed by atoms with Crippen LogP contribution in [-0.4, -0.2) is 28.8 Å². The van der Waals surface area contributed by atoms with Gasteiger partial charge in [0.05, 0.1) is 10.3 Å². The molecule has 6 nitrogen and oxygen atoms in total. The molecule has 130 valence electrons. The topological polar surface area (TPSA) is 89.5 Å². The van der Waals surface area contributed by atoms with Gasteiger partial charge in [-0.15, -0.1) is 0 Å². The Kier molecular flexibility index (Phi) is 4.55. The van der Waals surface area contributed by atoms with Gasteiger partial charge in [0, 0.05) is 24.7 Å². The highest BCUT2D eigenvalue weighted by atomic mass is 16.6. The van der Waals surface area contributed by atoms with E-state index in [1.807, 2.05) is 36.4 Å². The summed E-state index contributed by atoms with van der Waals surface area (Å²) in [6.45, 7) is 3.53. The van der Waals surface area contributed by atoms with Gasteiger partial charge in [0.2, 0.25) is 5.91 Å². The van der Waals surface area contributed by atoms with Crippen molar-refractivity contribution in [3.05, 3.63) is 75.3 Å². The Morgan fingerprint density at radius 2 is 2.00 bits per heavy atom. The summed E-state index contributed by atoms with van der Waals surface area (Å²) in [5, 5.41) is 11.1. The molecule has 1 fully saturated rings. The molecule has 0 aromatic heterocycles. The number of primary amides is 1. The second kappa shape index (κ2) is 6.64. The number of hydrogen-bond acceptors (Lipinski definition) is 4. The largest absolute Gasteiger partial charge is 0.369 e. The van der Waals surface area contributed by atoms with Crippen LogP contribution in [0.25, 0.3) is 0 Å². The Morgan fingerprint density at radius 3 is 2.64 bits per heavy atom. The fraction of sp³-hybridized carbons (Fsp3) is 0.316. The zero-order chi connectivity index (χ0) is 18.0. The van der Waals surface area contributed by atoms with Crippen LogP contribution in [0.2, 0.25) is 0 Å². The van der Waals surface area contributed by atoms with Crippen molar-refractivity contribution in [1.82, 2.24) is 4.90 Å². The van der Waals surface area contributed by atoms with Crippen molar-refractivity contribution in [1.29, 1.82) is 0 Å². The predicted molar refractivity (Wildman–Crippen MR) is 95.0 cm³/mol. The van der Waals surface area contributed by atoms with Crippen LogP contribution in [0.1, 0.15) is 23.1 Å². The maximum absolute atomic E-state index is 12.2. The fourth-order valence-electron chi connectivity index (χ4n) is 3.57. The minimum Gasteiger partial charge on any atom is -0.369 e. The highest BCUT2D eigenvalue weighted by Crippen LogP contribution is 2.35. The van der Waals surface area contributed by atoms with Gasteiger partial charge in [-0.3, -0.25) is 19.8 Å². The maximum Gasteiger partial charge on any atom is 0.272 e. The molecule has 1 aliphatic heterocycles. The number of benzene rings is 2. The first kappa shape index (κ1) is 17.1. The van der Waals surface area contributed by atoms with Crippen molar-refractivity contribution in [3.8, 4) is 0 Å². The van der Waals surface area contributed by atoms with Gasteiger partial charge < -0.3 is 5.73 Å².